The minimum absolute atomic E-state index is 0.345. The molecule has 0 bridgehead atoms. The second-order valence-corrected chi connectivity index (χ2v) is 6.56. The van der Waals surface area contributed by atoms with Crippen LogP contribution in [0.2, 0.25) is 0 Å². The Hall–Kier alpha value is -2.59. The molecule has 0 aliphatic heterocycles. The molecule has 0 atom stereocenters. The molecule has 4 heteroatoms. The van der Waals surface area contributed by atoms with Crippen molar-refractivity contribution < 1.29 is 4.74 Å². The molecule has 0 fully saturated rings. The molecule has 3 aromatic rings. The van der Waals surface area contributed by atoms with E-state index < -0.39 is 0 Å². The third-order valence-corrected chi connectivity index (χ3v) is 4.26. The van der Waals surface area contributed by atoms with Gasteiger partial charge in [-0.05, 0) is 49.6 Å². The third kappa shape index (κ3) is 3.91. The number of aryl methyl sites for hydroxylation is 1. The highest BCUT2D eigenvalue weighted by molar-refractivity contribution is 5.66. The Balaban J connectivity index is 1.87. The Morgan fingerprint density at radius 1 is 1.12 bits per heavy atom. The Bertz CT molecular complexity index is 838. The van der Waals surface area contributed by atoms with Gasteiger partial charge < -0.3 is 10.5 Å². The minimum atomic E-state index is 0.345. The number of hydrogen-bond acceptors (Lipinski definition) is 3. The van der Waals surface area contributed by atoms with E-state index in [1.165, 1.54) is 0 Å². The second-order valence-electron chi connectivity index (χ2n) is 6.56. The van der Waals surface area contributed by atoms with Crippen molar-refractivity contribution in [3.63, 3.8) is 0 Å². The van der Waals surface area contributed by atoms with Gasteiger partial charge in [-0.15, -0.1) is 0 Å². The summed E-state index contributed by atoms with van der Waals surface area (Å²) in [5, 5.41) is 4.43. The molecule has 130 valence electrons. The Morgan fingerprint density at radius 3 is 2.52 bits per heavy atom. The highest BCUT2D eigenvalue weighted by Gasteiger charge is 2.12. The van der Waals surface area contributed by atoms with Crippen molar-refractivity contribution in [2.75, 3.05) is 0 Å². The second kappa shape index (κ2) is 7.53. The van der Waals surface area contributed by atoms with Gasteiger partial charge in [0.05, 0.1) is 6.20 Å². The topological polar surface area (TPSA) is 53.1 Å². The molecule has 25 heavy (non-hydrogen) atoms. The molecule has 2 N–H and O–H groups in total. The lowest BCUT2D eigenvalue weighted by Crippen LogP contribution is -2.05. The van der Waals surface area contributed by atoms with Crippen molar-refractivity contribution in [3.05, 3.63) is 71.5 Å². The lowest BCUT2D eigenvalue weighted by Gasteiger charge is -2.15. The number of aromatic nitrogens is 2. The Kier molecular flexibility index (Phi) is 5.19. The summed E-state index contributed by atoms with van der Waals surface area (Å²) in [6, 6.07) is 14.8. The van der Waals surface area contributed by atoms with Gasteiger partial charge in [0.1, 0.15) is 12.4 Å². The summed E-state index contributed by atoms with van der Waals surface area (Å²) in [6.45, 7) is 7.29. The summed E-state index contributed by atoms with van der Waals surface area (Å²) in [5.41, 5.74) is 11.5. The van der Waals surface area contributed by atoms with Crippen LogP contribution in [0, 0.1) is 6.92 Å². The molecule has 0 unspecified atom stereocenters. The van der Waals surface area contributed by atoms with Crippen LogP contribution in [0.4, 0.5) is 0 Å². The van der Waals surface area contributed by atoms with E-state index >= 15 is 0 Å². The first-order valence-electron chi connectivity index (χ1n) is 8.63. The molecule has 1 aromatic heterocycles. The first kappa shape index (κ1) is 17.2. The van der Waals surface area contributed by atoms with Gasteiger partial charge in [0.15, 0.2) is 0 Å². The number of nitrogens with zero attached hydrogens (tertiary/aromatic N) is 2. The summed E-state index contributed by atoms with van der Waals surface area (Å²) in [6.07, 6.45) is 3.98. The largest absolute Gasteiger partial charge is 0.488 e. The van der Waals surface area contributed by atoms with E-state index in [4.69, 9.17) is 10.5 Å². The highest BCUT2D eigenvalue weighted by atomic mass is 16.5. The van der Waals surface area contributed by atoms with Crippen LogP contribution in [-0.2, 0) is 13.2 Å². The molecular weight excluding hydrogens is 310 g/mol. The van der Waals surface area contributed by atoms with Crippen molar-refractivity contribution in [2.24, 2.45) is 5.73 Å². The van der Waals surface area contributed by atoms with Crippen LogP contribution in [0.3, 0.4) is 0 Å². The van der Waals surface area contributed by atoms with E-state index in [1.54, 1.807) is 0 Å². The molecule has 0 amide bonds. The van der Waals surface area contributed by atoms with Crippen LogP contribution < -0.4 is 10.5 Å². The van der Waals surface area contributed by atoms with E-state index in [-0.39, 0.29) is 0 Å². The number of rotatable bonds is 6. The Labute approximate surface area is 149 Å². The standard InChI is InChI=1S/C21H25N3O/c1-15(2)24-13-20(12-23-24)18-9-16(3)21(19(10-18)11-22)25-14-17-7-5-4-6-8-17/h4-10,12-13,15H,11,14,22H2,1-3H3. The normalized spacial score (nSPS) is 11.1. The molecule has 0 saturated heterocycles. The minimum Gasteiger partial charge on any atom is -0.488 e. The van der Waals surface area contributed by atoms with E-state index in [0.717, 1.165) is 33.6 Å². The number of hydrogen-bond donors (Lipinski definition) is 1. The van der Waals surface area contributed by atoms with Gasteiger partial charge in [-0.2, -0.15) is 5.10 Å². The summed E-state index contributed by atoms with van der Waals surface area (Å²) < 4.78 is 8.04. The maximum atomic E-state index is 6.08. The molecule has 0 aliphatic rings. The van der Waals surface area contributed by atoms with Crippen LogP contribution in [0.25, 0.3) is 11.1 Å². The average Bonchev–Trinajstić information content (AvgIpc) is 3.11. The summed E-state index contributed by atoms with van der Waals surface area (Å²) >= 11 is 0. The lowest BCUT2D eigenvalue weighted by molar-refractivity contribution is 0.301. The molecule has 0 saturated carbocycles. The Morgan fingerprint density at radius 2 is 1.88 bits per heavy atom. The van der Waals surface area contributed by atoms with Gasteiger partial charge in [0.2, 0.25) is 0 Å². The summed E-state index contributed by atoms with van der Waals surface area (Å²) in [7, 11) is 0. The van der Waals surface area contributed by atoms with Crippen LogP contribution in [-0.4, -0.2) is 9.78 Å². The quantitative estimate of drug-likeness (QED) is 0.723. The zero-order chi connectivity index (χ0) is 17.8. The molecule has 4 nitrogen and oxygen atoms in total. The van der Waals surface area contributed by atoms with E-state index in [9.17, 15) is 0 Å². The monoisotopic (exact) mass is 335 g/mol. The van der Waals surface area contributed by atoms with E-state index in [1.807, 2.05) is 29.1 Å². The van der Waals surface area contributed by atoms with Crippen molar-refractivity contribution in [2.45, 2.75) is 40.0 Å². The predicted octanol–water partition coefficient (Wildman–Crippen LogP) is 4.48. The van der Waals surface area contributed by atoms with Crippen LogP contribution in [0.5, 0.6) is 5.75 Å². The summed E-state index contributed by atoms with van der Waals surface area (Å²) in [4.78, 5) is 0. The van der Waals surface area contributed by atoms with E-state index in [0.29, 0.717) is 19.2 Å². The van der Waals surface area contributed by atoms with Crippen LogP contribution >= 0.6 is 0 Å². The first-order chi connectivity index (χ1) is 12.1. The smallest absolute Gasteiger partial charge is 0.127 e. The van der Waals surface area contributed by atoms with Crippen molar-refractivity contribution in [1.29, 1.82) is 0 Å². The highest BCUT2D eigenvalue weighted by Crippen LogP contribution is 2.31. The molecule has 0 radical (unpaired) electrons. The van der Waals surface area contributed by atoms with Gasteiger partial charge in [-0.1, -0.05) is 30.3 Å². The predicted molar refractivity (Wildman–Crippen MR) is 101 cm³/mol. The molecule has 2 aromatic carbocycles. The zero-order valence-electron chi connectivity index (χ0n) is 15.1. The van der Waals surface area contributed by atoms with Gasteiger partial charge in [-0.3, -0.25) is 4.68 Å². The molecule has 1 heterocycles. The van der Waals surface area contributed by atoms with Crippen molar-refractivity contribution in [3.8, 4) is 16.9 Å². The maximum absolute atomic E-state index is 6.08. The van der Waals surface area contributed by atoms with Crippen molar-refractivity contribution in [1.82, 2.24) is 9.78 Å². The van der Waals surface area contributed by atoms with Crippen LogP contribution in [0.15, 0.2) is 54.9 Å². The fraction of sp³-hybridized carbons (Fsp3) is 0.286. The summed E-state index contributed by atoms with van der Waals surface area (Å²) in [5.74, 6) is 0.881. The number of benzene rings is 2. The van der Waals surface area contributed by atoms with E-state index in [2.05, 4.69) is 56.3 Å². The average molecular weight is 335 g/mol. The molecule has 3 rings (SSSR count). The third-order valence-electron chi connectivity index (χ3n) is 4.26. The van der Waals surface area contributed by atoms with Gasteiger partial charge >= 0.3 is 0 Å². The van der Waals surface area contributed by atoms with Gasteiger partial charge in [-0.25, -0.2) is 0 Å². The number of nitrogens with two attached hydrogens (primary N) is 1. The molecule has 0 spiro atoms. The van der Waals surface area contributed by atoms with Gasteiger partial charge in [0.25, 0.3) is 0 Å². The molecule has 0 aliphatic carbocycles. The fourth-order valence-electron chi connectivity index (χ4n) is 2.87. The number of ether oxygens (including phenoxy) is 1. The van der Waals surface area contributed by atoms with Gasteiger partial charge in [0, 0.05) is 29.9 Å². The fourth-order valence-corrected chi connectivity index (χ4v) is 2.87. The molecular formula is C21H25N3O. The first-order valence-corrected chi connectivity index (χ1v) is 8.63. The zero-order valence-corrected chi connectivity index (χ0v) is 15.1. The maximum Gasteiger partial charge on any atom is 0.127 e. The van der Waals surface area contributed by atoms with Crippen molar-refractivity contribution >= 4 is 0 Å². The lowest BCUT2D eigenvalue weighted by atomic mass is 10.0. The van der Waals surface area contributed by atoms with Crippen LogP contribution in [0.1, 0.15) is 36.6 Å². The SMILES string of the molecule is Cc1cc(-c2cnn(C(C)C)c2)cc(CN)c1OCc1ccccc1.